The number of nitrogens with two attached hydrogens (primary N) is 1. The van der Waals surface area contributed by atoms with Gasteiger partial charge in [0.2, 0.25) is 0 Å². The van der Waals surface area contributed by atoms with Crippen LogP contribution in [0.4, 0.5) is 0 Å². The van der Waals surface area contributed by atoms with Gasteiger partial charge >= 0.3 is 13.8 Å². The van der Waals surface area contributed by atoms with Crippen molar-refractivity contribution in [3.05, 3.63) is 97.4 Å². The second-order valence-electron chi connectivity index (χ2n) is 13.4. The fourth-order valence-corrected chi connectivity index (χ4v) is 5.83. The molecule has 0 aromatic rings. The van der Waals surface area contributed by atoms with Crippen molar-refractivity contribution in [3.8, 4) is 0 Å². The number of esters is 1. The van der Waals surface area contributed by atoms with Crippen LogP contribution in [-0.4, -0.2) is 54.5 Å². The largest absolute Gasteiger partial charge is 0.498 e. The third-order valence-electron chi connectivity index (χ3n) is 8.14. The second-order valence-corrected chi connectivity index (χ2v) is 14.8. The predicted octanol–water partition coefficient (Wildman–Crippen LogP) is 11.6. The van der Waals surface area contributed by atoms with Crippen LogP contribution in [0.3, 0.4) is 0 Å². The van der Waals surface area contributed by atoms with E-state index >= 15 is 0 Å². The van der Waals surface area contributed by atoms with Crippen molar-refractivity contribution >= 4 is 13.8 Å². The fraction of sp³-hybridized carbons (Fsp3) is 0.622. The number of aliphatic hydroxyl groups excluding tert-OH is 1. The summed E-state index contributed by atoms with van der Waals surface area (Å²) < 4.78 is 33.0. The van der Waals surface area contributed by atoms with Crippen LogP contribution in [0.15, 0.2) is 97.4 Å². The molecule has 0 saturated carbocycles. The number of hydrogen-bond donors (Lipinski definition) is 3. The molecule has 0 saturated heterocycles. The van der Waals surface area contributed by atoms with Crippen molar-refractivity contribution in [3.63, 3.8) is 0 Å². The first-order chi connectivity index (χ1) is 26.8. The van der Waals surface area contributed by atoms with E-state index in [1.165, 1.54) is 70.6 Å². The molecule has 0 aliphatic carbocycles. The Kier molecular flexibility index (Phi) is 38.8. The van der Waals surface area contributed by atoms with Crippen LogP contribution in [0.25, 0.3) is 0 Å². The molecule has 0 heterocycles. The Balaban J connectivity index is 4.32. The Labute approximate surface area is 334 Å². The number of rotatable bonds is 38. The maximum atomic E-state index is 12.5. The van der Waals surface area contributed by atoms with Gasteiger partial charge in [0.25, 0.3) is 0 Å². The summed E-state index contributed by atoms with van der Waals surface area (Å²) in [7, 11) is -4.33. The molecule has 0 bridgehead atoms. The van der Waals surface area contributed by atoms with Gasteiger partial charge in [0.1, 0.15) is 6.61 Å². The first-order valence-electron chi connectivity index (χ1n) is 20.9. The van der Waals surface area contributed by atoms with E-state index in [0.29, 0.717) is 12.8 Å². The molecule has 10 heteroatoms. The van der Waals surface area contributed by atoms with Gasteiger partial charge in [-0.25, -0.2) is 4.57 Å². The predicted molar refractivity (Wildman–Crippen MR) is 229 cm³/mol. The van der Waals surface area contributed by atoms with Gasteiger partial charge in [0, 0.05) is 13.0 Å². The molecule has 9 nitrogen and oxygen atoms in total. The minimum Gasteiger partial charge on any atom is -0.498 e. The Morgan fingerprint density at radius 3 is 1.89 bits per heavy atom. The zero-order valence-electron chi connectivity index (χ0n) is 34.2. The van der Waals surface area contributed by atoms with E-state index in [1.54, 1.807) is 12.3 Å². The van der Waals surface area contributed by atoms with Crippen LogP contribution in [-0.2, 0) is 27.9 Å². The molecule has 0 aliphatic heterocycles. The molecule has 0 aromatic heterocycles. The molecule has 314 valence electrons. The van der Waals surface area contributed by atoms with Gasteiger partial charge in [-0.3, -0.25) is 13.8 Å². The molecular formula is C45H76NO8P. The highest BCUT2D eigenvalue weighted by Gasteiger charge is 2.25. The van der Waals surface area contributed by atoms with Crippen molar-refractivity contribution in [2.75, 3.05) is 26.4 Å². The molecular weight excluding hydrogens is 713 g/mol. The molecule has 55 heavy (non-hydrogen) atoms. The zero-order chi connectivity index (χ0) is 40.3. The number of carbonyl (C=O) groups is 1. The lowest BCUT2D eigenvalue weighted by molar-refractivity contribution is -0.153. The smallest absolute Gasteiger partial charge is 0.472 e. The Morgan fingerprint density at radius 1 is 0.673 bits per heavy atom. The summed E-state index contributed by atoms with van der Waals surface area (Å²) >= 11 is 0. The van der Waals surface area contributed by atoms with Gasteiger partial charge in [0.15, 0.2) is 6.10 Å². The quantitative estimate of drug-likeness (QED) is 0.0139. The number of ether oxygens (including phenoxy) is 2. The zero-order valence-corrected chi connectivity index (χ0v) is 35.1. The Bertz CT molecular complexity index is 1170. The van der Waals surface area contributed by atoms with E-state index in [0.717, 1.165) is 38.5 Å². The normalized spacial score (nSPS) is 15.0. The minimum absolute atomic E-state index is 0.0178. The van der Waals surface area contributed by atoms with E-state index < -0.39 is 26.0 Å². The van der Waals surface area contributed by atoms with Crippen LogP contribution < -0.4 is 5.73 Å². The van der Waals surface area contributed by atoms with Gasteiger partial charge in [-0.05, 0) is 83.1 Å². The Hall–Kier alpha value is -2.78. The molecule has 0 aromatic carbocycles. The molecule has 2 unspecified atom stereocenters. The molecule has 0 radical (unpaired) electrons. The first-order valence-corrected chi connectivity index (χ1v) is 22.4. The van der Waals surface area contributed by atoms with E-state index in [1.807, 2.05) is 42.5 Å². The number of phosphoric ester groups is 1. The van der Waals surface area contributed by atoms with E-state index in [9.17, 15) is 19.4 Å². The summed E-state index contributed by atoms with van der Waals surface area (Å²) in [4.78, 5) is 22.4. The summed E-state index contributed by atoms with van der Waals surface area (Å²) in [6.45, 7) is 3.89. The topological polar surface area (TPSA) is 138 Å². The van der Waals surface area contributed by atoms with Gasteiger partial charge < -0.3 is 25.2 Å². The molecule has 0 fully saturated rings. The van der Waals surface area contributed by atoms with Gasteiger partial charge in [-0.15, -0.1) is 0 Å². The molecule has 0 amide bonds. The summed E-state index contributed by atoms with van der Waals surface area (Å²) in [6, 6.07) is 0. The van der Waals surface area contributed by atoms with Crippen LogP contribution in [0.1, 0.15) is 142 Å². The monoisotopic (exact) mass is 790 g/mol. The van der Waals surface area contributed by atoms with E-state index in [2.05, 4.69) is 56.4 Å². The molecule has 0 aliphatic rings. The second kappa shape index (κ2) is 40.9. The van der Waals surface area contributed by atoms with Gasteiger partial charge in [-0.1, -0.05) is 144 Å². The van der Waals surface area contributed by atoms with Crippen LogP contribution in [0.5, 0.6) is 0 Å². The first kappa shape index (κ1) is 52.2. The van der Waals surface area contributed by atoms with E-state index in [-0.39, 0.29) is 32.8 Å². The van der Waals surface area contributed by atoms with Gasteiger partial charge in [0.05, 0.1) is 25.6 Å². The van der Waals surface area contributed by atoms with Crippen molar-refractivity contribution in [1.82, 2.24) is 0 Å². The highest BCUT2D eigenvalue weighted by molar-refractivity contribution is 7.47. The standard InChI is InChI=1S/C45H76NO8P/c1-3-5-7-8-9-10-11-12-13-14-18-21-24-27-30-34-39-51-41-44(42-53-55(49,50)52-40-38-46)54-45(48)37-33-29-26-23-20-17-15-16-19-22-25-28-32-36-43(47)35-31-6-4-2/h6,10-11,16-17,19-20,25-26,28-29,31-32,34,36,39,43-44,47H,3-5,7-9,12-15,18,21-24,27,30,33,35,37-38,40-42,46H2,1-2H3,(H,49,50)/b11-10-,19-16-,20-17-,28-25+,29-26-,31-6-,36-32+,39-34+/t43?,44-/m1/s1. The number of allylic oxidation sites excluding steroid dienone is 13. The number of unbranched alkanes of at least 4 members (excludes halogenated alkanes) is 11. The maximum Gasteiger partial charge on any atom is 0.472 e. The summed E-state index contributed by atoms with van der Waals surface area (Å²) in [5.74, 6) is -0.453. The summed E-state index contributed by atoms with van der Waals surface area (Å²) in [6.07, 6.45) is 51.4. The van der Waals surface area contributed by atoms with Crippen LogP contribution in [0, 0.1) is 0 Å². The average molecular weight is 790 g/mol. The fourth-order valence-electron chi connectivity index (χ4n) is 5.07. The minimum atomic E-state index is -4.33. The lowest BCUT2D eigenvalue weighted by Gasteiger charge is -2.19. The number of carbonyl (C=O) groups excluding carboxylic acids is 1. The van der Waals surface area contributed by atoms with Crippen molar-refractivity contribution in [1.29, 1.82) is 0 Å². The van der Waals surface area contributed by atoms with Crippen molar-refractivity contribution in [2.24, 2.45) is 5.73 Å². The molecule has 3 atom stereocenters. The van der Waals surface area contributed by atoms with Crippen molar-refractivity contribution < 1.29 is 37.9 Å². The summed E-state index contributed by atoms with van der Waals surface area (Å²) in [5, 5.41) is 9.83. The van der Waals surface area contributed by atoms with Crippen molar-refractivity contribution in [2.45, 2.75) is 154 Å². The van der Waals surface area contributed by atoms with Gasteiger partial charge in [-0.2, -0.15) is 0 Å². The molecule has 4 N–H and O–H groups in total. The number of phosphoric acid groups is 1. The lowest BCUT2D eigenvalue weighted by Crippen LogP contribution is -2.27. The maximum absolute atomic E-state index is 12.5. The highest BCUT2D eigenvalue weighted by Crippen LogP contribution is 2.43. The number of aliphatic hydroxyl groups is 1. The molecule has 0 rings (SSSR count). The Morgan fingerprint density at radius 2 is 1.25 bits per heavy atom. The van der Waals surface area contributed by atoms with Crippen LogP contribution in [0.2, 0.25) is 0 Å². The molecule has 0 spiro atoms. The third kappa shape index (κ3) is 40.7. The lowest BCUT2D eigenvalue weighted by atomic mass is 10.1. The average Bonchev–Trinajstić information content (AvgIpc) is 3.17. The SMILES string of the molecule is CC/C=C\CC(O)/C=C/C=C/C/C=C\C/C=C\C/C=C\CCC(=O)O[C@H](CO/C=C/CCCCCCCC/C=C\CCCCCC)COP(=O)(O)OCCN. The summed E-state index contributed by atoms with van der Waals surface area (Å²) in [5.41, 5.74) is 5.35. The number of hydrogen-bond acceptors (Lipinski definition) is 8. The van der Waals surface area contributed by atoms with E-state index in [4.69, 9.17) is 24.3 Å². The van der Waals surface area contributed by atoms with Crippen LogP contribution >= 0.6 is 7.82 Å². The third-order valence-corrected chi connectivity index (χ3v) is 9.13. The highest BCUT2D eigenvalue weighted by atomic mass is 31.2.